The van der Waals surface area contributed by atoms with Gasteiger partial charge < -0.3 is 5.32 Å². The Bertz CT molecular complexity index is 712. The van der Waals surface area contributed by atoms with Crippen molar-refractivity contribution in [2.24, 2.45) is 0 Å². The van der Waals surface area contributed by atoms with Crippen molar-refractivity contribution in [2.45, 2.75) is 57.4 Å². The molecule has 2 aliphatic rings. The van der Waals surface area contributed by atoms with Crippen LogP contribution in [0.1, 0.15) is 56.9 Å². The highest BCUT2D eigenvalue weighted by atomic mass is 32.2. The monoisotopic (exact) mass is 402 g/mol. The Kier molecular flexibility index (Phi) is 7.47. The van der Waals surface area contributed by atoms with Crippen molar-refractivity contribution in [3.05, 3.63) is 40.8 Å². The molecule has 0 radical (unpaired) electrons. The molecule has 3 rings (SSSR count). The van der Waals surface area contributed by atoms with Crippen LogP contribution in [0.15, 0.2) is 35.2 Å². The number of nitrogens with one attached hydrogen (secondary N) is 1. The number of benzene rings is 1. The van der Waals surface area contributed by atoms with Gasteiger partial charge in [0.25, 0.3) is 5.91 Å². The maximum absolute atomic E-state index is 12.6. The summed E-state index contributed by atoms with van der Waals surface area (Å²) in [5.41, 5.74) is 1.01. The number of hydrogen-bond acceptors (Lipinski definition) is 4. The Balaban J connectivity index is 1.38. The summed E-state index contributed by atoms with van der Waals surface area (Å²) in [5.74, 6) is 0.158. The van der Waals surface area contributed by atoms with Crippen LogP contribution in [0.5, 0.6) is 0 Å². The molecule has 1 aromatic carbocycles. The number of thiocarbonyl (C=S) groups is 1. The molecule has 1 aliphatic carbocycles. The molecule has 0 spiro atoms. The molecule has 1 heterocycles. The lowest BCUT2D eigenvalue weighted by atomic mass is 10.1. The number of carbonyl (C=O) groups excluding carboxylic acids is 2. The quantitative estimate of drug-likeness (QED) is 0.395. The summed E-state index contributed by atoms with van der Waals surface area (Å²) in [6, 6.07) is 10.2. The van der Waals surface area contributed by atoms with E-state index < -0.39 is 0 Å². The van der Waals surface area contributed by atoms with Crippen molar-refractivity contribution in [1.82, 2.24) is 10.2 Å². The number of nitrogens with zero attached hydrogens (tertiary/aromatic N) is 1. The first-order chi connectivity index (χ1) is 13.1. The third-order valence-electron chi connectivity index (χ3n) is 4.98. The van der Waals surface area contributed by atoms with Crippen LogP contribution in [-0.2, 0) is 9.59 Å². The van der Waals surface area contributed by atoms with E-state index in [0.717, 1.165) is 37.7 Å². The predicted octanol–water partition coefficient (Wildman–Crippen LogP) is 4.51. The van der Waals surface area contributed by atoms with Crippen LogP contribution in [0.2, 0.25) is 0 Å². The average molecular weight is 403 g/mol. The van der Waals surface area contributed by atoms with Gasteiger partial charge in [0.2, 0.25) is 5.91 Å². The van der Waals surface area contributed by atoms with Crippen LogP contribution < -0.4 is 5.32 Å². The first kappa shape index (κ1) is 20.1. The third-order valence-corrected chi connectivity index (χ3v) is 6.35. The van der Waals surface area contributed by atoms with Crippen molar-refractivity contribution >= 4 is 46.2 Å². The Hall–Kier alpha value is -1.66. The van der Waals surface area contributed by atoms with Gasteiger partial charge in [-0.3, -0.25) is 14.5 Å². The highest BCUT2D eigenvalue weighted by Crippen LogP contribution is 2.32. The van der Waals surface area contributed by atoms with E-state index in [1.807, 2.05) is 36.4 Å². The van der Waals surface area contributed by atoms with Crippen LogP contribution >= 0.6 is 24.0 Å². The smallest absolute Gasteiger partial charge is 0.266 e. The second-order valence-electron chi connectivity index (χ2n) is 7.10. The van der Waals surface area contributed by atoms with Crippen LogP contribution in [0.3, 0.4) is 0 Å². The van der Waals surface area contributed by atoms with Gasteiger partial charge in [-0.2, -0.15) is 0 Å². The molecule has 1 N–H and O–H groups in total. The molecule has 1 saturated heterocycles. The zero-order valence-corrected chi connectivity index (χ0v) is 17.1. The van der Waals surface area contributed by atoms with E-state index in [4.69, 9.17) is 12.2 Å². The fourth-order valence-corrected chi connectivity index (χ4v) is 4.80. The van der Waals surface area contributed by atoms with Gasteiger partial charge in [0.05, 0.1) is 4.91 Å². The average Bonchev–Trinajstić information content (AvgIpc) is 3.25. The molecule has 27 heavy (non-hydrogen) atoms. The summed E-state index contributed by atoms with van der Waals surface area (Å²) in [7, 11) is 0. The van der Waals surface area contributed by atoms with Gasteiger partial charge >= 0.3 is 0 Å². The second-order valence-corrected chi connectivity index (χ2v) is 8.78. The second kappa shape index (κ2) is 10.0. The SMILES string of the molecule is O=C(CCCCCN1C(=O)/C(=C/c2ccccc2)SC1=S)NC1CCCC1. The molecule has 1 aliphatic heterocycles. The van der Waals surface area contributed by atoms with E-state index in [-0.39, 0.29) is 11.8 Å². The summed E-state index contributed by atoms with van der Waals surface area (Å²) in [6.45, 7) is 0.626. The van der Waals surface area contributed by atoms with E-state index in [1.165, 1.54) is 24.6 Å². The number of thioether (sulfide) groups is 1. The maximum Gasteiger partial charge on any atom is 0.266 e. The molecule has 1 saturated carbocycles. The zero-order chi connectivity index (χ0) is 19.1. The van der Waals surface area contributed by atoms with Crippen molar-refractivity contribution < 1.29 is 9.59 Å². The van der Waals surface area contributed by atoms with Crippen molar-refractivity contribution in [3.8, 4) is 0 Å². The number of unbranched alkanes of at least 4 members (excludes halogenated alkanes) is 2. The van der Waals surface area contributed by atoms with Crippen molar-refractivity contribution in [1.29, 1.82) is 0 Å². The van der Waals surface area contributed by atoms with Gasteiger partial charge in [-0.1, -0.05) is 73.6 Å². The minimum atomic E-state index is -0.00664. The number of carbonyl (C=O) groups is 2. The van der Waals surface area contributed by atoms with Gasteiger partial charge in [-0.05, 0) is 37.3 Å². The number of amides is 2. The Morgan fingerprint density at radius 1 is 1.19 bits per heavy atom. The fourth-order valence-electron chi connectivity index (χ4n) is 3.50. The van der Waals surface area contributed by atoms with Crippen LogP contribution in [-0.4, -0.2) is 33.6 Å². The van der Waals surface area contributed by atoms with Crippen LogP contribution in [0, 0.1) is 0 Å². The van der Waals surface area contributed by atoms with Gasteiger partial charge in [-0.15, -0.1) is 0 Å². The number of hydrogen-bond donors (Lipinski definition) is 1. The Labute approximate surface area is 170 Å². The minimum absolute atomic E-state index is 0.00664. The van der Waals surface area contributed by atoms with Crippen LogP contribution in [0.4, 0.5) is 0 Å². The van der Waals surface area contributed by atoms with E-state index in [2.05, 4.69) is 5.32 Å². The topological polar surface area (TPSA) is 49.4 Å². The summed E-state index contributed by atoms with van der Waals surface area (Å²) < 4.78 is 0.626. The molecule has 1 aromatic rings. The molecule has 144 valence electrons. The lowest BCUT2D eigenvalue weighted by Gasteiger charge is -2.14. The standard InChI is InChI=1S/C21H26N2O2S2/c24-19(22-17-11-6-7-12-17)13-5-2-8-14-23-20(25)18(27-21(23)26)15-16-9-3-1-4-10-16/h1,3-4,9-10,15,17H,2,5-8,11-14H2,(H,22,24)/b18-15-. The van der Waals surface area contributed by atoms with Gasteiger partial charge in [0, 0.05) is 19.0 Å². The fraction of sp³-hybridized carbons (Fsp3) is 0.476. The molecule has 0 bridgehead atoms. The normalized spacial score (nSPS) is 19.3. The van der Waals surface area contributed by atoms with Crippen molar-refractivity contribution in [2.75, 3.05) is 6.54 Å². The zero-order valence-electron chi connectivity index (χ0n) is 15.5. The van der Waals surface area contributed by atoms with E-state index in [1.54, 1.807) is 4.90 Å². The summed E-state index contributed by atoms with van der Waals surface area (Å²) in [4.78, 5) is 26.9. The molecular formula is C21H26N2O2S2. The minimum Gasteiger partial charge on any atom is -0.353 e. The summed E-state index contributed by atoms with van der Waals surface area (Å²) in [6.07, 6.45) is 9.81. The summed E-state index contributed by atoms with van der Waals surface area (Å²) in [5, 5.41) is 3.12. The Morgan fingerprint density at radius 2 is 1.93 bits per heavy atom. The van der Waals surface area contributed by atoms with Gasteiger partial charge in [0.15, 0.2) is 0 Å². The molecule has 0 unspecified atom stereocenters. The van der Waals surface area contributed by atoms with E-state index in [9.17, 15) is 9.59 Å². The highest BCUT2D eigenvalue weighted by Gasteiger charge is 2.31. The molecule has 6 heteroatoms. The number of rotatable bonds is 8. The first-order valence-corrected chi connectivity index (χ1v) is 11.0. The molecule has 2 fully saturated rings. The lowest BCUT2D eigenvalue weighted by Crippen LogP contribution is -2.32. The predicted molar refractivity (Wildman–Crippen MR) is 115 cm³/mol. The van der Waals surface area contributed by atoms with E-state index >= 15 is 0 Å². The molecule has 2 amide bonds. The first-order valence-electron chi connectivity index (χ1n) is 9.73. The maximum atomic E-state index is 12.6. The Morgan fingerprint density at radius 3 is 2.67 bits per heavy atom. The highest BCUT2D eigenvalue weighted by molar-refractivity contribution is 8.26. The largest absolute Gasteiger partial charge is 0.353 e. The third kappa shape index (κ3) is 5.91. The molecule has 4 nitrogen and oxygen atoms in total. The van der Waals surface area contributed by atoms with E-state index in [0.29, 0.717) is 28.2 Å². The molecule has 0 atom stereocenters. The molecular weight excluding hydrogens is 376 g/mol. The lowest BCUT2D eigenvalue weighted by molar-refractivity contribution is -0.123. The van der Waals surface area contributed by atoms with Gasteiger partial charge in [0.1, 0.15) is 4.32 Å². The van der Waals surface area contributed by atoms with Gasteiger partial charge in [-0.25, -0.2) is 0 Å². The molecule has 0 aromatic heterocycles. The van der Waals surface area contributed by atoms with Crippen LogP contribution in [0.25, 0.3) is 6.08 Å². The summed E-state index contributed by atoms with van der Waals surface area (Å²) >= 11 is 6.74. The van der Waals surface area contributed by atoms with Crippen molar-refractivity contribution in [3.63, 3.8) is 0 Å².